The van der Waals surface area contributed by atoms with E-state index in [2.05, 4.69) is 12.2 Å². The van der Waals surface area contributed by atoms with Crippen LogP contribution in [0.3, 0.4) is 0 Å². The van der Waals surface area contributed by atoms with Crippen molar-refractivity contribution in [2.45, 2.75) is 38.6 Å². The fraction of sp³-hybridized carbons (Fsp3) is 0.364. The minimum atomic E-state index is -0.236. The van der Waals surface area contributed by atoms with Gasteiger partial charge in [0.05, 0.1) is 7.11 Å². The number of benzene rings is 2. The number of rotatable bonds is 5. The second-order valence-corrected chi connectivity index (χ2v) is 6.82. The first-order chi connectivity index (χ1) is 13.1. The van der Waals surface area contributed by atoms with Crippen LogP contribution in [0.25, 0.3) is 0 Å². The van der Waals surface area contributed by atoms with Gasteiger partial charge in [-0.1, -0.05) is 13.0 Å². The van der Waals surface area contributed by atoms with Crippen molar-refractivity contribution in [2.75, 3.05) is 19.0 Å². The van der Waals surface area contributed by atoms with Crippen molar-refractivity contribution in [3.8, 4) is 5.75 Å². The van der Waals surface area contributed by atoms with Crippen molar-refractivity contribution < 1.29 is 14.3 Å². The molecule has 0 saturated carbocycles. The van der Waals surface area contributed by atoms with E-state index in [-0.39, 0.29) is 11.8 Å². The number of nitrogens with one attached hydrogen (secondary N) is 1. The number of anilines is 1. The van der Waals surface area contributed by atoms with E-state index in [4.69, 9.17) is 4.74 Å². The van der Waals surface area contributed by atoms with E-state index in [1.165, 1.54) is 6.42 Å². The number of carbonyl (C=O) groups is 2. The highest BCUT2D eigenvalue weighted by Crippen LogP contribution is 2.22. The Kier molecular flexibility index (Phi) is 6.12. The van der Waals surface area contributed by atoms with E-state index < -0.39 is 0 Å². The maximum absolute atomic E-state index is 13.0. The van der Waals surface area contributed by atoms with E-state index >= 15 is 0 Å². The maximum atomic E-state index is 13.0. The second kappa shape index (κ2) is 8.71. The summed E-state index contributed by atoms with van der Waals surface area (Å²) in [5.74, 6) is 0.508. The highest BCUT2D eigenvalue weighted by atomic mass is 16.5. The maximum Gasteiger partial charge on any atom is 0.255 e. The molecular weight excluding hydrogens is 340 g/mol. The standard InChI is InChI=1S/C22H26N2O3/c1-3-19-9-4-5-14-24(19)22(26)17-8-6-7-16(15-17)21(25)23-18-10-12-20(27-2)13-11-18/h6-8,10-13,15,19H,3-5,9,14H2,1-2H3,(H,23,25). The lowest BCUT2D eigenvalue weighted by Gasteiger charge is -2.35. The zero-order valence-corrected chi connectivity index (χ0v) is 15.9. The number of hydrogen-bond acceptors (Lipinski definition) is 3. The van der Waals surface area contributed by atoms with Gasteiger partial charge in [0.1, 0.15) is 5.75 Å². The molecule has 142 valence electrons. The van der Waals surface area contributed by atoms with Gasteiger partial charge in [-0.25, -0.2) is 0 Å². The normalized spacial score (nSPS) is 16.7. The summed E-state index contributed by atoms with van der Waals surface area (Å²) >= 11 is 0. The molecule has 0 aromatic heterocycles. The average Bonchev–Trinajstić information content (AvgIpc) is 2.73. The number of hydrogen-bond donors (Lipinski definition) is 1. The van der Waals surface area contributed by atoms with Gasteiger partial charge in [0.2, 0.25) is 0 Å². The smallest absolute Gasteiger partial charge is 0.255 e. The van der Waals surface area contributed by atoms with Crippen LogP contribution in [0.15, 0.2) is 48.5 Å². The lowest BCUT2D eigenvalue weighted by atomic mass is 9.98. The Labute approximate surface area is 160 Å². The average molecular weight is 366 g/mol. The molecule has 1 N–H and O–H groups in total. The molecule has 0 radical (unpaired) electrons. The number of piperidine rings is 1. The lowest BCUT2D eigenvalue weighted by Crippen LogP contribution is -2.43. The summed E-state index contributed by atoms with van der Waals surface area (Å²) in [6.07, 6.45) is 4.23. The van der Waals surface area contributed by atoms with Crippen LogP contribution in [0.2, 0.25) is 0 Å². The van der Waals surface area contributed by atoms with Gasteiger partial charge in [0.15, 0.2) is 0 Å². The van der Waals surface area contributed by atoms with Gasteiger partial charge >= 0.3 is 0 Å². The first-order valence-corrected chi connectivity index (χ1v) is 9.48. The van der Waals surface area contributed by atoms with Crippen molar-refractivity contribution in [3.63, 3.8) is 0 Å². The van der Waals surface area contributed by atoms with Gasteiger partial charge in [-0.15, -0.1) is 0 Å². The van der Waals surface area contributed by atoms with Gasteiger partial charge in [0.25, 0.3) is 11.8 Å². The zero-order chi connectivity index (χ0) is 19.2. The van der Waals surface area contributed by atoms with Crippen molar-refractivity contribution in [1.82, 2.24) is 4.90 Å². The van der Waals surface area contributed by atoms with Crippen LogP contribution < -0.4 is 10.1 Å². The van der Waals surface area contributed by atoms with Crippen molar-refractivity contribution in [3.05, 3.63) is 59.7 Å². The van der Waals surface area contributed by atoms with E-state index in [0.29, 0.717) is 22.9 Å². The molecular formula is C22H26N2O3. The number of likely N-dealkylation sites (tertiary alicyclic amines) is 1. The quantitative estimate of drug-likeness (QED) is 0.856. The number of methoxy groups -OCH3 is 1. The van der Waals surface area contributed by atoms with Gasteiger partial charge in [-0.2, -0.15) is 0 Å². The third-order valence-electron chi connectivity index (χ3n) is 5.08. The molecule has 0 bridgehead atoms. The molecule has 27 heavy (non-hydrogen) atoms. The molecule has 2 aromatic carbocycles. The van der Waals surface area contributed by atoms with E-state index in [1.807, 2.05) is 4.90 Å². The topological polar surface area (TPSA) is 58.6 Å². The Balaban J connectivity index is 1.73. The SMILES string of the molecule is CCC1CCCCN1C(=O)c1cccc(C(=O)Nc2ccc(OC)cc2)c1. The Hall–Kier alpha value is -2.82. The summed E-state index contributed by atoms with van der Waals surface area (Å²) < 4.78 is 5.12. The molecule has 5 heteroatoms. The third kappa shape index (κ3) is 4.48. The fourth-order valence-corrected chi connectivity index (χ4v) is 3.53. The number of amides is 2. The summed E-state index contributed by atoms with van der Waals surface area (Å²) in [4.78, 5) is 27.5. The number of carbonyl (C=O) groups excluding carboxylic acids is 2. The van der Waals surface area contributed by atoms with E-state index in [1.54, 1.807) is 55.6 Å². The zero-order valence-electron chi connectivity index (χ0n) is 15.9. The first-order valence-electron chi connectivity index (χ1n) is 9.48. The van der Waals surface area contributed by atoms with Crippen LogP contribution in [0.1, 0.15) is 53.3 Å². The van der Waals surface area contributed by atoms with Crippen LogP contribution in [-0.2, 0) is 0 Å². The summed E-state index contributed by atoms with van der Waals surface area (Å²) in [7, 11) is 1.60. The van der Waals surface area contributed by atoms with Crippen LogP contribution in [0, 0.1) is 0 Å². The Bertz CT molecular complexity index is 801. The molecule has 2 aromatic rings. The van der Waals surface area contributed by atoms with Crippen molar-refractivity contribution in [1.29, 1.82) is 0 Å². The van der Waals surface area contributed by atoms with Gasteiger partial charge in [-0.05, 0) is 68.1 Å². The minimum absolute atomic E-state index is 0.0145. The molecule has 2 amide bonds. The van der Waals surface area contributed by atoms with E-state index in [9.17, 15) is 9.59 Å². The fourth-order valence-electron chi connectivity index (χ4n) is 3.53. The Morgan fingerprint density at radius 2 is 1.85 bits per heavy atom. The van der Waals surface area contributed by atoms with Gasteiger partial charge in [-0.3, -0.25) is 9.59 Å². The highest BCUT2D eigenvalue weighted by Gasteiger charge is 2.26. The lowest BCUT2D eigenvalue weighted by molar-refractivity contribution is 0.0608. The molecule has 1 aliphatic heterocycles. The summed E-state index contributed by atoms with van der Waals surface area (Å²) in [6, 6.07) is 14.4. The predicted octanol–water partition coefficient (Wildman–Crippen LogP) is 4.35. The largest absolute Gasteiger partial charge is 0.497 e. The Morgan fingerprint density at radius 3 is 2.56 bits per heavy atom. The molecule has 3 rings (SSSR count). The minimum Gasteiger partial charge on any atom is -0.497 e. The molecule has 0 aliphatic carbocycles. The summed E-state index contributed by atoms with van der Waals surface area (Å²) in [6.45, 7) is 2.91. The summed E-state index contributed by atoms with van der Waals surface area (Å²) in [5, 5.41) is 2.86. The van der Waals surface area contributed by atoms with Crippen LogP contribution in [0.5, 0.6) is 5.75 Å². The first kappa shape index (κ1) is 19.0. The predicted molar refractivity (Wildman–Crippen MR) is 106 cm³/mol. The number of ether oxygens (including phenoxy) is 1. The van der Waals surface area contributed by atoms with E-state index in [0.717, 1.165) is 31.6 Å². The molecule has 1 atom stereocenters. The van der Waals surface area contributed by atoms with Crippen LogP contribution in [-0.4, -0.2) is 36.4 Å². The molecule has 0 spiro atoms. The van der Waals surface area contributed by atoms with Crippen LogP contribution in [0.4, 0.5) is 5.69 Å². The molecule has 1 saturated heterocycles. The third-order valence-corrected chi connectivity index (χ3v) is 5.08. The summed E-state index contributed by atoms with van der Waals surface area (Å²) in [5.41, 5.74) is 1.72. The second-order valence-electron chi connectivity index (χ2n) is 6.82. The molecule has 1 unspecified atom stereocenters. The number of nitrogens with zero attached hydrogens (tertiary/aromatic N) is 1. The van der Waals surface area contributed by atoms with Crippen molar-refractivity contribution >= 4 is 17.5 Å². The molecule has 1 aliphatic rings. The van der Waals surface area contributed by atoms with Crippen LogP contribution >= 0.6 is 0 Å². The molecule has 1 heterocycles. The molecule has 5 nitrogen and oxygen atoms in total. The van der Waals surface area contributed by atoms with Crippen molar-refractivity contribution in [2.24, 2.45) is 0 Å². The van der Waals surface area contributed by atoms with Gasteiger partial charge < -0.3 is 15.0 Å². The monoisotopic (exact) mass is 366 g/mol. The van der Waals surface area contributed by atoms with Gasteiger partial charge in [0, 0.05) is 29.4 Å². The Morgan fingerprint density at radius 1 is 1.11 bits per heavy atom. The highest BCUT2D eigenvalue weighted by molar-refractivity contribution is 6.06. The molecule has 1 fully saturated rings.